The van der Waals surface area contributed by atoms with Crippen LogP contribution in [0.1, 0.15) is 76.8 Å². The minimum atomic E-state index is -0.0198. The zero-order valence-electron chi connectivity index (χ0n) is 15.3. The number of hydrogen-bond acceptors (Lipinski definition) is 2. The Balaban J connectivity index is 1.87. The third kappa shape index (κ3) is 6.27. The molecule has 134 valence electrons. The average molecular weight is 332 g/mol. The van der Waals surface area contributed by atoms with E-state index in [4.69, 9.17) is 4.74 Å². The fourth-order valence-corrected chi connectivity index (χ4v) is 3.31. The van der Waals surface area contributed by atoms with Gasteiger partial charge in [0.15, 0.2) is 0 Å². The van der Waals surface area contributed by atoms with Crippen LogP contribution in [0, 0.1) is 5.92 Å². The van der Waals surface area contributed by atoms with Gasteiger partial charge in [-0.2, -0.15) is 0 Å². The van der Waals surface area contributed by atoms with E-state index in [-0.39, 0.29) is 18.1 Å². The lowest BCUT2D eigenvalue weighted by atomic mass is 9.95. The van der Waals surface area contributed by atoms with E-state index in [1.54, 1.807) is 0 Å². The van der Waals surface area contributed by atoms with Crippen LogP contribution in [0.4, 0.5) is 0 Å². The highest BCUT2D eigenvalue weighted by Gasteiger charge is 2.27. The molecule has 1 aromatic carbocycles. The maximum atomic E-state index is 12.4. The number of ether oxygens (including phenoxy) is 1. The van der Waals surface area contributed by atoms with Gasteiger partial charge in [0.05, 0.1) is 12.1 Å². The largest absolute Gasteiger partial charge is 0.376 e. The molecule has 0 spiro atoms. The summed E-state index contributed by atoms with van der Waals surface area (Å²) in [5.41, 5.74) is 1.15. The molecule has 0 aliphatic carbocycles. The van der Waals surface area contributed by atoms with Gasteiger partial charge in [-0.1, -0.05) is 63.4 Å². The van der Waals surface area contributed by atoms with Gasteiger partial charge in [-0.05, 0) is 37.2 Å². The van der Waals surface area contributed by atoms with E-state index in [0.29, 0.717) is 6.42 Å². The first kappa shape index (κ1) is 19.0. The minimum absolute atomic E-state index is 0.0198. The van der Waals surface area contributed by atoms with Crippen LogP contribution in [0.15, 0.2) is 30.3 Å². The van der Waals surface area contributed by atoms with Gasteiger partial charge >= 0.3 is 0 Å². The van der Waals surface area contributed by atoms with Gasteiger partial charge in [-0.15, -0.1) is 0 Å². The summed E-state index contributed by atoms with van der Waals surface area (Å²) in [6, 6.07) is 10.2. The van der Waals surface area contributed by atoms with Crippen molar-refractivity contribution in [1.82, 2.24) is 5.32 Å². The van der Waals surface area contributed by atoms with Crippen molar-refractivity contribution in [2.45, 2.75) is 77.4 Å². The number of carbonyl (C=O) groups excluding carboxylic acids is 1. The van der Waals surface area contributed by atoms with E-state index >= 15 is 0 Å². The standard InChI is InChI=1S/C21H33NO2/c1-3-17(2)11-7-8-15-20(23)22-21(18-12-5-4-6-13-18)19-14-9-10-16-24-19/h4-6,12-13,17,19,21H,3,7-11,14-16H2,1-2H3,(H,22,23)/t17?,19-,21-/m0/s1. The van der Waals surface area contributed by atoms with Crippen LogP contribution >= 0.6 is 0 Å². The molecule has 1 aromatic rings. The lowest BCUT2D eigenvalue weighted by molar-refractivity contribution is -0.123. The van der Waals surface area contributed by atoms with Crippen molar-refractivity contribution in [2.75, 3.05) is 6.61 Å². The normalized spacial score (nSPS) is 20.3. The summed E-state index contributed by atoms with van der Waals surface area (Å²) in [6.45, 7) is 5.32. The topological polar surface area (TPSA) is 38.3 Å². The van der Waals surface area contributed by atoms with Gasteiger partial charge in [0, 0.05) is 13.0 Å². The molecule has 2 rings (SSSR count). The van der Waals surface area contributed by atoms with Crippen LogP contribution in [0.25, 0.3) is 0 Å². The van der Waals surface area contributed by atoms with E-state index in [2.05, 4.69) is 31.3 Å². The Morgan fingerprint density at radius 2 is 2.04 bits per heavy atom. The molecule has 1 aliphatic rings. The molecule has 1 fully saturated rings. The zero-order valence-corrected chi connectivity index (χ0v) is 15.3. The Hall–Kier alpha value is -1.35. The van der Waals surface area contributed by atoms with Crippen molar-refractivity contribution in [3.05, 3.63) is 35.9 Å². The lowest BCUT2D eigenvalue weighted by Crippen LogP contribution is -2.39. The van der Waals surface area contributed by atoms with E-state index in [0.717, 1.165) is 43.8 Å². The first-order chi connectivity index (χ1) is 11.7. The number of amides is 1. The molecule has 3 nitrogen and oxygen atoms in total. The summed E-state index contributed by atoms with van der Waals surface area (Å²) < 4.78 is 5.95. The quantitative estimate of drug-likeness (QED) is 0.645. The fraction of sp³-hybridized carbons (Fsp3) is 0.667. The van der Waals surface area contributed by atoms with Gasteiger partial charge in [0.25, 0.3) is 0 Å². The maximum absolute atomic E-state index is 12.4. The number of benzene rings is 1. The molecule has 1 heterocycles. The summed E-state index contributed by atoms with van der Waals surface area (Å²) in [4.78, 5) is 12.4. The molecule has 0 bridgehead atoms. The minimum Gasteiger partial charge on any atom is -0.376 e. The van der Waals surface area contributed by atoms with Crippen molar-refractivity contribution in [3.8, 4) is 0 Å². The summed E-state index contributed by atoms with van der Waals surface area (Å²) in [6.07, 6.45) is 8.60. The van der Waals surface area contributed by atoms with Gasteiger partial charge in [-0.3, -0.25) is 4.79 Å². The molecular weight excluding hydrogens is 298 g/mol. The predicted molar refractivity (Wildman–Crippen MR) is 98.8 cm³/mol. The van der Waals surface area contributed by atoms with Crippen LogP contribution in [-0.4, -0.2) is 18.6 Å². The highest BCUT2D eigenvalue weighted by molar-refractivity contribution is 5.76. The molecule has 0 radical (unpaired) electrons. The van der Waals surface area contributed by atoms with E-state index in [1.807, 2.05) is 18.2 Å². The number of unbranched alkanes of at least 4 members (excludes halogenated alkanes) is 1. The van der Waals surface area contributed by atoms with Gasteiger partial charge in [0.2, 0.25) is 5.91 Å². The highest BCUT2D eigenvalue weighted by atomic mass is 16.5. The molecule has 0 saturated carbocycles. The van der Waals surface area contributed by atoms with Crippen molar-refractivity contribution >= 4 is 5.91 Å². The summed E-state index contributed by atoms with van der Waals surface area (Å²) in [5, 5.41) is 3.24. The van der Waals surface area contributed by atoms with Crippen molar-refractivity contribution in [1.29, 1.82) is 0 Å². The molecule has 24 heavy (non-hydrogen) atoms. The Bertz CT molecular complexity index is 468. The molecule has 1 saturated heterocycles. The molecule has 0 aromatic heterocycles. The summed E-state index contributed by atoms with van der Waals surface area (Å²) >= 11 is 0. The second-order valence-electron chi connectivity index (χ2n) is 7.12. The molecule has 3 atom stereocenters. The Morgan fingerprint density at radius 3 is 2.71 bits per heavy atom. The van der Waals surface area contributed by atoms with Crippen LogP contribution in [0.3, 0.4) is 0 Å². The van der Waals surface area contributed by atoms with Crippen molar-refractivity contribution < 1.29 is 9.53 Å². The third-order valence-electron chi connectivity index (χ3n) is 5.11. The van der Waals surface area contributed by atoms with E-state index in [9.17, 15) is 4.79 Å². The number of carbonyl (C=O) groups is 1. The summed E-state index contributed by atoms with van der Waals surface area (Å²) in [7, 11) is 0. The average Bonchev–Trinajstić information content (AvgIpc) is 2.64. The van der Waals surface area contributed by atoms with Gasteiger partial charge in [-0.25, -0.2) is 0 Å². The van der Waals surface area contributed by atoms with Crippen LogP contribution in [0.5, 0.6) is 0 Å². The molecule has 1 aliphatic heterocycles. The maximum Gasteiger partial charge on any atom is 0.220 e. The third-order valence-corrected chi connectivity index (χ3v) is 5.11. The zero-order chi connectivity index (χ0) is 17.2. The lowest BCUT2D eigenvalue weighted by Gasteiger charge is -2.31. The molecule has 3 heteroatoms. The van der Waals surface area contributed by atoms with Crippen molar-refractivity contribution in [2.24, 2.45) is 5.92 Å². The second kappa shape index (κ2) is 10.5. The SMILES string of the molecule is CCC(C)CCCCC(=O)N[C@@H](c1ccccc1)[C@@H]1CCCCO1. The number of rotatable bonds is 9. The molecule has 1 unspecified atom stereocenters. The number of nitrogens with one attached hydrogen (secondary N) is 1. The Kier molecular flexibility index (Phi) is 8.31. The monoisotopic (exact) mass is 331 g/mol. The van der Waals surface area contributed by atoms with Crippen molar-refractivity contribution in [3.63, 3.8) is 0 Å². The fourth-order valence-electron chi connectivity index (χ4n) is 3.31. The van der Waals surface area contributed by atoms with Gasteiger partial charge < -0.3 is 10.1 Å². The first-order valence-electron chi connectivity index (χ1n) is 9.66. The molecular formula is C21H33NO2. The molecule has 1 amide bonds. The van der Waals surface area contributed by atoms with Crippen LogP contribution in [-0.2, 0) is 9.53 Å². The second-order valence-corrected chi connectivity index (χ2v) is 7.12. The summed E-state index contributed by atoms with van der Waals surface area (Å²) in [5.74, 6) is 0.919. The van der Waals surface area contributed by atoms with Crippen LogP contribution < -0.4 is 5.32 Å². The number of hydrogen-bond donors (Lipinski definition) is 1. The van der Waals surface area contributed by atoms with E-state index in [1.165, 1.54) is 19.3 Å². The smallest absolute Gasteiger partial charge is 0.220 e. The molecule has 1 N–H and O–H groups in total. The first-order valence-corrected chi connectivity index (χ1v) is 9.66. The predicted octanol–water partition coefficient (Wildman–Crippen LogP) is 5.02. The van der Waals surface area contributed by atoms with Gasteiger partial charge in [0.1, 0.15) is 0 Å². The highest BCUT2D eigenvalue weighted by Crippen LogP contribution is 2.26. The van der Waals surface area contributed by atoms with Crippen LogP contribution in [0.2, 0.25) is 0 Å². The Labute approximate surface area is 147 Å². The Morgan fingerprint density at radius 1 is 1.25 bits per heavy atom. The van der Waals surface area contributed by atoms with E-state index < -0.39 is 0 Å².